The molecule has 0 fully saturated rings. The molecule has 0 radical (unpaired) electrons. The molecule has 8 heteroatoms. The molecule has 2 aromatic heterocycles. The van der Waals surface area contributed by atoms with E-state index in [1.54, 1.807) is 23.1 Å². The Labute approximate surface area is 162 Å². The highest BCUT2D eigenvalue weighted by atomic mass is 35.5. The van der Waals surface area contributed by atoms with Crippen LogP contribution in [0.15, 0.2) is 29.1 Å². The minimum Gasteiger partial charge on any atom is -0.335 e. The number of carbonyl (C=O) groups is 1. The van der Waals surface area contributed by atoms with Crippen molar-refractivity contribution in [2.45, 2.75) is 40.3 Å². The molecule has 0 spiro atoms. The summed E-state index contributed by atoms with van der Waals surface area (Å²) in [6.07, 6.45) is 0.333. The van der Waals surface area contributed by atoms with Crippen molar-refractivity contribution >= 4 is 28.4 Å². The molecule has 27 heavy (non-hydrogen) atoms. The molecule has 0 aliphatic rings. The maximum Gasteiger partial charge on any atom is 0.258 e. The van der Waals surface area contributed by atoms with Gasteiger partial charge in [-0.2, -0.15) is 5.10 Å². The van der Waals surface area contributed by atoms with E-state index >= 15 is 0 Å². The Morgan fingerprint density at radius 2 is 2.07 bits per heavy atom. The third-order valence-electron chi connectivity index (χ3n) is 4.43. The maximum absolute atomic E-state index is 12.6. The van der Waals surface area contributed by atoms with Crippen molar-refractivity contribution in [2.75, 3.05) is 6.54 Å². The molecule has 7 nitrogen and oxygen atoms in total. The van der Waals surface area contributed by atoms with Gasteiger partial charge < -0.3 is 9.88 Å². The largest absolute Gasteiger partial charge is 0.335 e. The Morgan fingerprint density at radius 1 is 1.30 bits per heavy atom. The minimum absolute atomic E-state index is 0.0149. The van der Waals surface area contributed by atoms with E-state index in [2.05, 4.69) is 15.1 Å². The quantitative estimate of drug-likeness (QED) is 0.704. The molecule has 1 N–H and O–H groups in total. The number of rotatable bonds is 6. The van der Waals surface area contributed by atoms with Crippen molar-refractivity contribution in [2.24, 2.45) is 0 Å². The average Bonchev–Trinajstić information content (AvgIpc) is 2.94. The van der Waals surface area contributed by atoms with Crippen LogP contribution in [-0.4, -0.2) is 37.1 Å². The summed E-state index contributed by atoms with van der Waals surface area (Å²) in [5.74, 6) is 0.426. The fraction of sp³-hybridized carbons (Fsp3) is 0.368. The summed E-state index contributed by atoms with van der Waals surface area (Å²) in [5, 5.41) is 5.37. The molecule has 3 rings (SSSR count). The highest BCUT2D eigenvalue weighted by molar-refractivity contribution is 6.31. The van der Waals surface area contributed by atoms with E-state index in [0.29, 0.717) is 41.3 Å². The van der Waals surface area contributed by atoms with Gasteiger partial charge in [-0.1, -0.05) is 11.6 Å². The number of benzene rings is 1. The SMILES string of the molecule is CCN(Cc1nc2cc(Cl)ccc2c(=O)[nH]1)C(=O)CCn1nc(C)cc1C. The van der Waals surface area contributed by atoms with Crippen LogP contribution < -0.4 is 5.56 Å². The number of halogens is 1. The van der Waals surface area contributed by atoms with Gasteiger partial charge >= 0.3 is 0 Å². The van der Waals surface area contributed by atoms with Crippen LogP contribution in [0, 0.1) is 13.8 Å². The van der Waals surface area contributed by atoms with Gasteiger partial charge in [0.05, 0.1) is 23.1 Å². The number of fused-ring (bicyclic) bond motifs is 1. The van der Waals surface area contributed by atoms with Crippen LogP contribution in [0.2, 0.25) is 5.02 Å². The van der Waals surface area contributed by atoms with E-state index in [-0.39, 0.29) is 18.0 Å². The van der Waals surface area contributed by atoms with E-state index in [4.69, 9.17) is 11.6 Å². The second-order valence-corrected chi connectivity index (χ2v) is 6.92. The number of nitrogens with zero attached hydrogens (tertiary/aromatic N) is 4. The third-order valence-corrected chi connectivity index (χ3v) is 4.67. The molecule has 0 atom stereocenters. The van der Waals surface area contributed by atoms with Crippen LogP contribution in [0.3, 0.4) is 0 Å². The number of H-pyrrole nitrogens is 1. The molecule has 0 aliphatic carbocycles. The Balaban J connectivity index is 1.74. The van der Waals surface area contributed by atoms with Crippen molar-refractivity contribution in [1.82, 2.24) is 24.6 Å². The lowest BCUT2D eigenvalue weighted by molar-refractivity contribution is -0.132. The van der Waals surface area contributed by atoms with Crippen LogP contribution >= 0.6 is 11.6 Å². The van der Waals surface area contributed by atoms with Gasteiger partial charge in [0.15, 0.2) is 0 Å². The van der Waals surface area contributed by atoms with Crippen LogP contribution in [-0.2, 0) is 17.9 Å². The maximum atomic E-state index is 12.6. The van der Waals surface area contributed by atoms with Crippen molar-refractivity contribution in [1.29, 1.82) is 0 Å². The first-order valence-electron chi connectivity index (χ1n) is 8.84. The van der Waals surface area contributed by atoms with Gasteiger partial charge in [-0.3, -0.25) is 14.3 Å². The first-order valence-corrected chi connectivity index (χ1v) is 9.22. The molecule has 0 bridgehead atoms. The van der Waals surface area contributed by atoms with Crippen molar-refractivity contribution in [3.63, 3.8) is 0 Å². The van der Waals surface area contributed by atoms with E-state index in [0.717, 1.165) is 11.4 Å². The van der Waals surface area contributed by atoms with Gasteiger partial charge in [0, 0.05) is 30.2 Å². The first-order chi connectivity index (χ1) is 12.9. The molecule has 0 aliphatic heterocycles. The van der Waals surface area contributed by atoms with Gasteiger partial charge in [0.2, 0.25) is 5.91 Å². The molecule has 3 aromatic rings. The lowest BCUT2D eigenvalue weighted by Gasteiger charge is -2.20. The van der Waals surface area contributed by atoms with E-state index in [9.17, 15) is 9.59 Å². The molecule has 1 amide bonds. The molecular formula is C19H22ClN5O2. The smallest absolute Gasteiger partial charge is 0.258 e. The third kappa shape index (κ3) is 4.36. The zero-order valence-corrected chi connectivity index (χ0v) is 16.4. The monoisotopic (exact) mass is 387 g/mol. The Morgan fingerprint density at radius 3 is 2.74 bits per heavy atom. The molecular weight excluding hydrogens is 366 g/mol. The van der Waals surface area contributed by atoms with Gasteiger partial charge in [-0.15, -0.1) is 0 Å². The second kappa shape index (κ2) is 7.92. The second-order valence-electron chi connectivity index (χ2n) is 6.48. The summed E-state index contributed by atoms with van der Waals surface area (Å²) in [6, 6.07) is 6.93. The summed E-state index contributed by atoms with van der Waals surface area (Å²) in [4.78, 5) is 33.7. The average molecular weight is 388 g/mol. The van der Waals surface area contributed by atoms with Crippen LogP contribution in [0.5, 0.6) is 0 Å². The highest BCUT2D eigenvalue weighted by Gasteiger charge is 2.15. The molecule has 0 saturated heterocycles. The number of aromatic amines is 1. The highest BCUT2D eigenvalue weighted by Crippen LogP contribution is 2.15. The number of carbonyl (C=O) groups excluding carboxylic acids is 1. The first kappa shape index (κ1) is 19.1. The van der Waals surface area contributed by atoms with Crippen molar-refractivity contribution < 1.29 is 4.79 Å². The van der Waals surface area contributed by atoms with E-state index in [1.807, 2.05) is 31.5 Å². The zero-order chi connectivity index (χ0) is 19.6. The number of amides is 1. The normalized spacial score (nSPS) is 11.1. The number of aromatic nitrogens is 4. The standard InChI is InChI=1S/C19H22ClN5O2/c1-4-24(18(26)7-8-25-13(3)9-12(2)23-25)11-17-21-16-10-14(20)5-6-15(16)19(27)22-17/h5-6,9-10H,4,7-8,11H2,1-3H3,(H,21,22,27). The summed E-state index contributed by atoms with van der Waals surface area (Å²) in [5.41, 5.74) is 2.25. The van der Waals surface area contributed by atoms with Gasteiger partial charge in [0.1, 0.15) is 5.82 Å². The minimum atomic E-state index is -0.238. The van der Waals surface area contributed by atoms with Crippen LogP contribution in [0.25, 0.3) is 10.9 Å². The van der Waals surface area contributed by atoms with Gasteiger partial charge in [-0.05, 0) is 45.0 Å². The summed E-state index contributed by atoms with van der Waals surface area (Å²) < 4.78 is 1.83. The van der Waals surface area contributed by atoms with Gasteiger partial charge in [0.25, 0.3) is 5.56 Å². The zero-order valence-electron chi connectivity index (χ0n) is 15.6. The van der Waals surface area contributed by atoms with Crippen LogP contribution in [0.1, 0.15) is 30.6 Å². The van der Waals surface area contributed by atoms with Crippen LogP contribution in [0.4, 0.5) is 0 Å². The van der Waals surface area contributed by atoms with Crippen molar-refractivity contribution in [3.8, 4) is 0 Å². The molecule has 0 saturated carbocycles. The lowest BCUT2D eigenvalue weighted by atomic mass is 10.2. The topological polar surface area (TPSA) is 83.9 Å². The van der Waals surface area contributed by atoms with E-state index < -0.39 is 0 Å². The molecule has 1 aromatic carbocycles. The number of nitrogens with one attached hydrogen (secondary N) is 1. The molecule has 0 unspecified atom stereocenters. The van der Waals surface area contributed by atoms with Gasteiger partial charge in [-0.25, -0.2) is 4.98 Å². The fourth-order valence-electron chi connectivity index (χ4n) is 3.05. The summed E-state index contributed by atoms with van der Waals surface area (Å²) in [7, 11) is 0. The lowest BCUT2D eigenvalue weighted by Crippen LogP contribution is -2.32. The predicted molar refractivity (Wildman–Crippen MR) is 105 cm³/mol. The Bertz CT molecular complexity index is 1040. The molecule has 2 heterocycles. The summed E-state index contributed by atoms with van der Waals surface area (Å²) in [6.45, 7) is 7.08. The Kier molecular flexibility index (Phi) is 5.60. The van der Waals surface area contributed by atoms with E-state index in [1.165, 1.54) is 0 Å². The fourth-order valence-corrected chi connectivity index (χ4v) is 3.22. The number of aryl methyl sites for hydroxylation is 3. The number of hydrogen-bond donors (Lipinski definition) is 1. The molecule has 142 valence electrons. The number of hydrogen-bond acceptors (Lipinski definition) is 4. The van der Waals surface area contributed by atoms with Crippen molar-refractivity contribution in [3.05, 3.63) is 56.9 Å². The predicted octanol–water partition coefficient (Wildman–Crippen LogP) is 2.83. The summed E-state index contributed by atoms with van der Waals surface area (Å²) >= 11 is 6.00. The Hall–Kier alpha value is -2.67.